The van der Waals surface area contributed by atoms with Crippen molar-refractivity contribution in [3.05, 3.63) is 27.3 Å². The number of hydrogen-bond donors (Lipinski definition) is 3. The molecule has 1 aromatic carbocycles. The fourth-order valence-electron chi connectivity index (χ4n) is 0.806. The Morgan fingerprint density at radius 1 is 1.62 bits per heavy atom. The van der Waals surface area contributed by atoms with Crippen LogP contribution in [0.4, 0.5) is 11.4 Å². The van der Waals surface area contributed by atoms with Crippen LogP contribution in [0.5, 0.6) is 5.75 Å². The minimum absolute atomic E-state index is 0.0873. The molecule has 0 unspecified atom stereocenters. The molecule has 6 nitrogen and oxygen atoms in total. The number of rotatable bonds is 2. The van der Waals surface area contributed by atoms with Gasteiger partial charge in [-0.2, -0.15) is 0 Å². The Labute approximate surface area is 78.0 Å². The SMILES string of the molecule is NNc1cc(Cl)c([N+](=O)[O-])cc1O. The van der Waals surface area contributed by atoms with Crippen molar-refractivity contribution < 1.29 is 10.0 Å². The summed E-state index contributed by atoms with van der Waals surface area (Å²) < 4.78 is 0. The Kier molecular flexibility index (Phi) is 2.54. The van der Waals surface area contributed by atoms with Crippen molar-refractivity contribution >= 4 is 23.0 Å². The molecule has 0 aliphatic heterocycles. The summed E-state index contributed by atoms with van der Waals surface area (Å²) in [5.41, 5.74) is 1.92. The molecule has 0 saturated heterocycles. The molecule has 0 radical (unpaired) electrons. The van der Waals surface area contributed by atoms with Gasteiger partial charge in [-0.15, -0.1) is 0 Å². The fraction of sp³-hybridized carbons (Fsp3) is 0. The van der Waals surface area contributed by atoms with Crippen LogP contribution >= 0.6 is 11.6 Å². The number of nitrogens with one attached hydrogen (secondary N) is 1. The van der Waals surface area contributed by atoms with Crippen LogP contribution in [-0.4, -0.2) is 10.0 Å². The molecule has 0 amide bonds. The van der Waals surface area contributed by atoms with Gasteiger partial charge in [0, 0.05) is 0 Å². The van der Waals surface area contributed by atoms with Crippen LogP contribution in [0.3, 0.4) is 0 Å². The first-order valence-electron chi connectivity index (χ1n) is 3.19. The van der Waals surface area contributed by atoms with E-state index >= 15 is 0 Å². The van der Waals surface area contributed by atoms with E-state index in [-0.39, 0.29) is 22.1 Å². The van der Waals surface area contributed by atoms with Crippen molar-refractivity contribution in [2.75, 3.05) is 5.43 Å². The van der Waals surface area contributed by atoms with Gasteiger partial charge in [-0.05, 0) is 6.07 Å². The molecule has 4 N–H and O–H groups in total. The van der Waals surface area contributed by atoms with Crippen LogP contribution in [0.1, 0.15) is 0 Å². The second-order valence-corrected chi connectivity index (χ2v) is 2.63. The van der Waals surface area contributed by atoms with Crippen molar-refractivity contribution in [1.82, 2.24) is 0 Å². The fourth-order valence-corrected chi connectivity index (χ4v) is 1.04. The molecule has 0 aliphatic rings. The number of nitrogens with zero attached hydrogens (tertiary/aromatic N) is 1. The number of halogens is 1. The van der Waals surface area contributed by atoms with Gasteiger partial charge in [0.1, 0.15) is 10.8 Å². The topological polar surface area (TPSA) is 101 Å². The zero-order valence-electron chi connectivity index (χ0n) is 6.32. The lowest BCUT2D eigenvalue weighted by atomic mass is 10.2. The molecule has 0 aromatic heterocycles. The van der Waals surface area contributed by atoms with E-state index < -0.39 is 4.92 Å². The predicted octanol–water partition coefficient (Wildman–Crippen LogP) is 1.24. The van der Waals surface area contributed by atoms with Gasteiger partial charge in [-0.25, -0.2) is 0 Å². The van der Waals surface area contributed by atoms with Gasteiger partial charge < -0.3 is 10.5 Å². The predicted molar refractivity (Wildman–Crippen MR) is 47.6 cm³/mol. The molecule has 0 spiro atoms. The second-order valence-electron chi connectivity index (χ2n) is 2.22. The van der Waals surface area contributed by atoms with E-state index in [4.69, 9.17) is 22.6 Å². The molecule has 0 atom stereocenters. The number of nitro benzene ring substituents is 1. The monoisotopic (exact) mass is 203 g/mol. The van der Waals surface area contributed by atoms with Crippen molar-refractivity contribution in [2.24, 2.45) is 5.84 Å². The van der Waals surface area contributed by atoms with Gasteiger partial charge >= 0.3 is 0 Å². The maximum absolute atomic E-state index is 10.3. The van der Waals surface area contributed by atoms with Gasteiger partial charge in [-0.3, -0.25) is 16.0 Å². The average Bonchev–Trinajstić information content (AvgIpc) is 2.07. The van der Waals surface area contributed by atoms with E-state index in [1.54, 1.807) is 0 Å². The Hall–Kier alpha value is -1.53. The number of phenolic OH excluding ortho intramolecular Hbond substituents is 1. The molecule has 0 fully saturated rings. The summed E-state index contributed by atoms with van der Waals surface area (Å²) in [6.45, 7) is 0. The third kappa shape index (κ3) is 1.79. The highest BCUT2D eigenvalue weighted by atomic mass is 35.5. The highest BCUT2D eigenvalue weighted by Crippen LogP contribution is 2.34. The van der Waals surface area contributed by atoms with Gasteiger partial charge in [0.25, 0.3) is 5.69 Å². The Balaban J connectivity index is 3.28. The lowest BCUT2D eigenvalue weighted by molar-refractivity contribution is -0.384. The lowest BCUT2D eigenvalue weighted by Gasteiger charge is -2.03. The van der Waals surface area contributed by atoms with E-state index in [2.05, 4.69) is 5.43 Å². The molecule has 0 saturated carbocycles. The quantitative estimate of drug-likeness (QED) is 0.291. The van der Waals surface area contributed by atoms with Crippen LogP contribution in [0.2, 0.25) is 5.02 Å². The van der Waals surface area contributed by atoms with E-state index in [0.29, 0.717) is 0 Å². The van der Waals surface area contributed by atoms with Crippen molar-refractivity contribution in [3.8, 4) is 5.75 Å². The highest BCUT2D eigenvalue weighted by molar-refractivity contribution is 6.33. The van der Waals surface area contributed by atoms with Gasteiger partial charge in [0.2, 0.25) is 0 Å². The molecule has 0 heterocycles. The van der Waals surface area contributed by atoms with Crippen LogP contribution in [-0.2, 0) is 0 Å². The highest BCUT2D eigenvalue weighted by Gasteiger charge is 2.15. The summed E-state index contributed by atoms with van der Waals surface area (Å²) >= 11 is 5.53. The van der Waals surface area contributed by atoms with Crippen LogP contribution in [0.25, 0.3) is 0 Å². The number of nitro groups is 1. The van der Waals surface area contributed by atoms with E-state index in [9.17, 15) is 10.1 Å². The molecular formula is C6H6ClN3O3. The zero-order valence-corrected chi connectivity index (χ0v) is 7.08. The second kappa shape index (κ2) is 3.46. The Bertz CT molecular complexity index is 355. The Morgan fingerprint density at radius 2 is 2.23 bits per heavy atom. The van der Waals surface area contributed by atoms with Crippen LogP contribution < -0.4 is 11.3 Å². The maximum atomic E-state index is 10.3. The summed E-state index contributed by atoms with van der Waals surface area (Å²) in [5, 5.41) is 19.4. The third-order valence-electron chi connectivity index (χ3n) is 1.42. The minimum Gasteiger partial charge on any atom is -0.505 e. The van der Waals surface area contributed by atoms with E-state index in [1.807, 2.05) is 0 Å². The number of hydrazine groups is 1. The molecule has 13 heavy (non-hydrogen) atoms. The number of hydrogen-bond acceptors (Lipinski definition) is 5. The van der Waals surface area contributed by atoms with E-state index in [1.165, 1.54) is 6.07 Å². The van der Waals surface area contributed by atoms with Gasteiger partial charge in [0.15, 0.2) is 0 Å². The first-order valence-corrected chi connectivity index (χ1v) is 3.57. The molecule has 1 aromatic rings. The molecule has 1 rings (SSSR count). The number of aromatic hydroxyl groups is 1. The average molecular weight is 204 g/mol. The summed E-state index contributed by atoms with van der Waals surface area (Å²) in [4.78, 5) is 9.64. The first kappa shape index (κ1) is 9.56. The number of phenols is 1. The summed E-state index contributed by atoms with van der Waals surface area (Å²) in [5.74, 6) is 4.69. The molecule has 70 valence electrons. The number of nitrogens with two attached hydrogens (primary N) is 1. The number of benzene rings is 1. The molecular weight excluding hydrogens is 198 g/mol. The Morgan fingerprint density at radius 3 is 2.69 bits per heavy atom. The minimum atomic E-state index is -0.692. The smallest absolute Gasteiger partial charge is 0.291 e. The number of nitrogen functional groups attached to an aromatic ring is 1. The largest absolute Gasteiger partial charge is 0.505 e. The van der Waals surface area contributed by atoms with Crippen molar-refractivity contribution in [1.29, 1.82) is 0 Å². The molecule has 0 bridgehead atoms. The lowest BCUT2D eigenvalue weighted by Crippen LogP contribution is -2.07. The van der Waals surface area contributed by atoms with Crippen LogP contribution in [0.15, 0.2) is 12.1 Å². The normalized spacial score (nSPS) is 9.69. The third-order valence-corrected chi connectivity index (χ3v) is 1.72. The molecule has 0 aliphatic carbocycles. The maximum Gasteiger partial charge on any atom is 0.291 e. The van der Waals surface area contributed by atoms with E-state index in [0.717, 1.165) is 6.07 Å². The van der Waals surface area contributed by atoms with Gasteiger partial charge in [-0.1, -0.05) is 11.6 Å². The van der Waals surface area contributed by atoms with Gasteiger partial charge in [0.05, 0.1) is 16.7 Å². The number of anilines is 1. The van der Waals surface area contributed by atoms with Crippen molar-refractivity contribution in [2.45, 2.75) is 0 Å². The summed E-state index contributed by atoms with van der Waals surface area (Å²) in [6.07, 6.45) is 0. The van der Waals surface area contributed by atoms with Crippen LogP contribution in [0, 0.1) is 10.1 Å². The summed E-state index contributed by atoms with van der Waals surface area (Å²) in [6, 6.07) is 2.10. The molecule has 7 heteroatoms. The summed E-state index contributed by atoms with van der Waals surface area (Å²) in [7, 11) is 0. The zero-order chi connectivity index (χ0) is 10.0. The van der Waals surface area contributed by atoms with Crippen molar-refractivity contribution in [3.63, 3.8) is 0 Å². The standard InChI is InChI=1S/C6H6ClN3O3/c7-3-1-4(9-8)6(11)2-5(3)10(12)13/h1-2,9,11H,8H2. The first-order chi connectivity index (χ1) is 6.06.